The number of anilines is 1. The minimum atomic E-state index is -0.114. The van der Waals surface area contributed by atoms with E-state index in [4.69, 9.17) is 5.73 Å². The number of nitrogens with one attached hydrogen (secondary N) is 2. The summed E-state index contributed by atoms with van der Waals surface area (Å²) in [5, 5.41) is 9.67. The van der Waals surface area contributed by atoms with Crippen molar-refractivity contribution < 1.29 is 4.79 Å². The van der Waals surface area contributed by atoms with E-state index in [-0.39, 0.29) is 5.91 Å². The fourth-order valence-electron chi connectivity index (χ4n) is 1.59. The Balaban J connectivity index is 2.28. The molecule has 0 aliphatic carbocycles. The second-order valence-electron chi connectivity index (χ2n) is 3.88. The first-order chi connectivity index (χ1) is 8.70. The molecule has 94 valence electrons. The third-order valence-corrected chi connectivity index (χ3v) is 2.41. The van der Waals surface area contributed by atoms with Crippen molar-refractivity contribution >= 4 is 11.6 Å². The Morgan fingerprint density at radius 2 is 2.22 bits per heavy atom. The molecule has 0 saturated carbocycles. The number of benzene rings is 1. The largest absolute Gasteiger partial charge is 0.330 e. The Kier molecular flexibility index (Phi) is 3.69. The van der Waals surface area contributed by atoms with Gasteiger partial charge in [0.05, 0.1) is 5.69 Å². The standard InChI is InChI=1S/C12H15N5O/c1-8-14-12(17-16-8)9-4-2-3-5-10(9)15-11(18)6-7-13/h2-5H,6-7,13H2,1H3,(H,15,18)(H,14,16,17). The number of hydrogen-bond donors (Lipinski definition) is 3. The lowest BCUT2D eigenvalue weighted by atomic mass is 10.1. The molecule has 2 rings (SSSR count). The van der Waals surface area contributed by atoms with E-state index in [1.165, 1.54) is 0 Å². The molecular weight excluding hydrogens is 230 g/mol. The Morgan fingerprint density at radius 3 is 2.89 bits per heavy atom. The molecule has 1 amide bonds. The zero-order valence-electron chi connectivity index (χ0n) is 10.1. The quantitative estimate of drug-likeness (QED) is 0.750. The SMILES string of the molecule is Cc1nc(-c2ccccc2NC(=O)CCN)n[nH]1. The van der Waals surface area contributed by atoms with Crippen molar-refractivity contribution in [2.45, 2.75) is 13.3 Å². The van der Waals surface area contributed by atoms with Gasteiger partial charge in [-0.15, -0.1) is 0 Å². The van der Waals surface area contributed by atoms with Crippen molar-refractivity contribution in [2.24, 2.45) is 5.73 Å². The number of aromatic nitrogens is 3. The Bertz CT molecular complexity index is 549. The van der Waals surface area contributed by atoms with E-state index in [0.717, 1.165) is 11.4 Å². The van der Waals surface area contributed by atoms with E-state index in [1.807, 2.05) is 31.2 Å². The van der Waals surface area contributed by atoms with E-state index < -0.39 is 0 Å². The summed E-state index contributed by atoms with van der Waals surface area (Å²) in [5.41, 5.74) is 6.82. The van der Waals surface area contributed by atoms with Crippen molar-refractivity contribution in [3.63, 3.8) is 0 Å². The predicted molar refractivity (Wildman–Crippen MR) is 68.9 cm³/mol. The van der Waals surface area contributed by atoms with Gasteiger partial charge in [0.2, 0.25) is 5.91 Å². The number of nitrogens with zero attached hydrogens (tertiary/aromatic N) is 2. The molecule has 6 heteroatoms. The summed E-state index contributed by atoms with van der Waals surface area (Å²) in [7, 11) is 0. The summed E-state index contributed by atoms with van der Waals surface area (Å²) in [6, 6.07) is 7.40. The van der Waals surface area contributed by atoms with Gasteiger partial charge < -0.3 is 11.1 Å². The van der Waals surface area contributed by atoms with Crippen LogP contribution in [0.1, 0.15) is 12.2 Å². The molecule has 0 aliphatic rings. The molecule has 4 N–H and O–H groups in total. The summed E-state index contributed by atoms with van der Waals surface area (Å²) in [5.74, 6) is 1.18. The van der Waals surface area contributed by atoms with Crippen LogP contribution in [0.3, 0.4) is 0 Å². The minimum Gasteiger partial charge on any atom is -0.330 e. The normalized spacial score (nSPS) is 10.3. The number of rotatable bonds is 4. The van der Waals surface area contributed by atoms with Crippen molar-refractivity contribution in [3.05, 3.63) is 30.1 Å². The highest BCUT2D eigenvalue weighted by Gasteiger charge is 2.10. The number of carbonyl (C=O) groups is 1. The van der Waals surface area contributed by atoms with Crippen molar-refractivity contribution in [2.75, 3.05) is 11.9 Å². The summed E-state index contributed by atoms with van der Waals surface area (Å²) >= 11 is 0. The maximum Gasteiger partial charge on any atom is 0.225 e. The summed E-state index contributed by atoms with van der Waals surface area (Å²) in [6.45, 7) is 2.15. The Labute approximate surface area is 105 Å². The van der Waals surface area contributed by atoms with Crippen molar-refractivity contribution in [1.29, 1.82) is 0 Å². The lowest BCUT2D eigenvalue weighted by Crippen LogP contribution is -2.16. The lowest BCUT2D eigenvalue weighted by molar-refractivity contribution is -0.116. The molecule has 0 atom stereocenters. The summed E-state index contributed by atoms with van der Waals surface area (Å²) in [6.07, 6.45) is 0.293. The monoisotopic (exact) mass is 245 g/mol. The molecule has 6 nitrogen and oxygen atoms in total. The fraction of sp³-hybridized carbons (Fsp3) is 0.250. The average Bonchev–Trinajstić information content (AvgIpc) is 2.77. The first-order valence-corrected chi connectivity index (χ1v) is 5.69. The van der Waals surface area contributed by atoms with Gasteiger partial charge in [-0.1, -0.05) is 12.1 Å². The molecule has 1 aromatic carbocycles. The molecule has 0 fully saturated rings. The smallest absolute Gasteiger partial charge is 0.225 e. The van der Waals surface area contributed by atoms with Gasteiger partial charge in [0.1, 0.15) is 5.82 Å². The second kappa shape index (κ2) is 5.42. The topological polar surface area (TPSA) is 96.7 Å². The first kappa shape index (κ1) is 12.3. The molecule has 1 heterocycles. The van der Waals surface area contributed by atoms with Crippen LogP contribution < -0.4 is 11.1 Å². The van der Waals surface area contributed by atoms with Crippen LogP contribution in [-0.4, -0.2) is 27.6 Å². The van der Waals surface area contributed by atoms with Gasteiger partial charge in [0.15, 0.2) is 5.82 Å². The van der Waals surface area contributed by atoms with Crippen molar-refractivity contribution in [3.8, 4) is 11.4 Å². The third kappa shape index (κ3) is 2.72. The third-order valence-electron chi connectivity index (χ3n) is 2.41. The molecule has 0 bridgehead atoms. The molecule has 0 saturated heterocycles. The van der Waals surface area contributed by atoms with Gasteiger partial charge >= 0.3 is 0 Å². The maximum absolute atomic E-state index is 11.6. The first-order valence-electron chi connectivity index (χ1n) is 5.69. The van der Waals surface area contributed by atoms with E-state index in [0.29, 0.717) is 24.5 Å². The highest BCUT2D eigenvalue weighted by Crippen LogP contribution is 2.24. The Hall–Kier alpha value is -2.21. The number of amides is 1. The summed E-state index contributed by atoms with van der Waals surface area (Å²) in [4.78, 5) is 15.8. The van der Waals surface area contributed by atoms with Crippen LogP contribution in [0.5, 0.6) is 0 Å². The number of H-pyrrole nitrogens is 1. The lowest BCUT2D eigenvalue weighted by Gasteiger charge is -2.08. The average molecular weight is 245 g/mol. The van der Waals surface area contributed by atoms with Crippen LogP contribution in [0.4, 0.5) is 5.69 Å². The van der Waals surface area contributed by atoms with E-state index in [1.54, 1.807) is 0 Å². The maximum atomic E-state index is 11.6. The molecule has 18 heavy (non-hydrogen) atoms. The van der Waals surface area contributed by atoms with Crippen LogP contribution in [0.25, 0.3) is 11.4 Å². The highest BCUT2D eigenvalue weighted by atomic mass is 16.1. The zero-order chi connectivity index (χ0) is 13.0. The zero-order valence-corrected chi connectivity index (χ0v) is 10.1. The molecule has 0 unspecified atom stereocenters. The number of aromatic amines is 1. The predicted octanol–water partition coefficient (Wildman–Crippen LogP) is 1.07. The minimum absolute atomic E-state index is 0.114. The molecule has 0 radical (unpaired) electrons. The van der Waals surface area contributed by atoms with Gasteiger partial charge in [-0.2, -0.15) is 5.10 Å². The number of para-hydroxylation sites is 1. The van der Waals surface area contributed by atoms with Crippen LogP contribution in [-0.2, 0) is 4.79 Å². The second-order valence-corrected chi connectivity index (χ2v) is 3.88. The number of nitrogens with two attached hydrogens (primary N) is 1. The van der Waals surface area contributed by atoms with E-state index >= 15 is 0 Å². The number of hydrogen-bond acceptors (Lipinski definition) is 4. The van der Waals surface area contributed by atoms with Gasteiger partial charge in [0.25, 0.3) is 0 Å². The van der Waals surface area contributed by atoms with E-state index in [2.05, 4.69) is 20.5 Å². The molecule has 0 spiro atoms. The van der Waals surface area contributed by atoms with Crippen LogP contribution >= 0.6 is 0 Å². The number of aryl methyl sites for hydroxylation is 1. The van der Waals surface area contributed by atoms with Gasteiger partial charge in [-0.3, -0.25) is 9.89 Å². The van der Waals surface area contributed by atoms with Gasteiger partial charge in [-0.25, -0.2) is 4.98 Å². The van der Waals surface area contributed by atoms with Crippen molar-refractivity contribution in [1.82, 2.24) is 15.2 Å². The van der Waals surface area contributed by atoms with Crippen LogP contribution in [0.15, 0.2) is 24.3 Å². The van der Waals surface area contributed by atoms with Crippen LogP contribution in [0.2, 0.25) is 0 Å². The van der Waals surface area contributed by atoms with Gasteiger partial charge in [-0.05, 0) is 19.1 Å². The fourth-order valence-corrected chi connectivity index (χ4v) is 1.59. The molecular formula is C12H15N5O. The molecule has 1 aromatic heterocycles. The summed E-state index contributed by atoms with van der Waals surface area (Å²) < 4.78 is 0. The van der Waals surface area contributed by atoms with E-state index in [9.17, 15) is 4.79 Å². The van der Waals surface area contributed by atoms with Gasteiger partial charge in [0, 0.05) is 18.5 Å². The highest BCUT2D eigenvalue weighted by molar-refractivity contribution is 5.94. The van der Waals surface area contributed by atoms with Crippen LogP contribution in [0, 0.1) is 6.92 Å². The molecule has 0 aliphatic heterocycles. The number of carbonyl (C=O) groups excluding carboxylic acids is 1. The Morgan fingerprint density at radius 1 is 1.44 bits per heavy atom. The molecule has 2 aromatic rings.